The Kier molecular flexibility index (Phi) is 8.98. The van der Waals surface area contributed by atoms with Crippen LogP contribution in [0.2, 0.25) is 0 Å². The molecule has 1 aromatic rings. The number of hydrogen-bond acceptors (Lipinski definition) is 6. The van der Waals surface area contributed by atoms with E-state index in [0.29, 0.717) is 24.6 Å². The molecule has 1 atom stereocenters. The molecule has 124 valence electrons. The maximum Gasteiger partial charge on any atom is 0.341 e. The van der Waals surface area contributed by atoms with Gasteiger partial charge in [-0.1, -0.05) is 16.9 Å². The largest absolute Gasteiger partial charge is 0.493 e. The van der Waals surface area contributed by atoms with Gasteiger partial charge in [0.2, 0.25) is 0 Å². The fraction of sp³-hybridized carbons (Fsp3) is 0.429. The van der Waals surface area contributed by atoms with Gasteiger partial charge in [-0.25, -0.2) is 4.79 Å². The molecule has 0 fully saturated rings. The first kappa shape index (κ1) is 18.8. The Bertz CT molecular complexity index is 524. The van der Waals surface area contributed by atoms with Crippen LogP contribution in [-0.2, 0) is 4.79 Å². The third kappa shape index (κ3) is 6.69. The van der Waals surface area contributed by atoms with Crippen LogP contribution in [0.25, 0.3) is 0 Å². The first-order valence-corrected chi connectivity index (χ1v) is 9.67. The Balaban J connectivity index is 2.92. The van der Waals surface area contributed by atoms with Crippen LogP contribution in [0.1, 0.15) is 5.56 Å². The highest BCUT2D eigenvalue weighted by atomic mass is 33.1. The normalized spacial score (nSPS) is 12.1. The van der Waals surface area contributed by atoms with E-state index >= 15 is 0 Å². The highest BCUT2D eigenvalue weighted by Crippen LogP contribution is 2.32. The van der Waals surface area contributed by atoms with Crippen LogP contribution in [0.15, 0.2) is 18.2 Å². The summed E-state index contributed by atoms with van der Waals surface area (Å²) >= 11 is 0. The molecule has 6 nitrogen and oxygen atoms in total. The van der Waals surface area contributed by atoms with Crippen LogP contribution in [0.5, 0.6) is 11.5 Å². The molecule has 0 heterocycles. The average Bonchev–Trinajstić information content (AvgIpc) is 2.51. The molecule has 5 N–H and O–H groups in total. The Morgan fingerprint density at radius 2 is 2.14 bits per heavy atom. The van der Waals surface area contributed by atoms with Gasteiger partial charge in [0.25, 0.3) is 0 Å². The van der Waals surface area contributed by atoms with Gasteiger partial charge in [0, 0.05) is 24.6 Å². The number of carbonyl (C=O) groups is 1. The van der Waals surface area contributed by atoms with E-state index in [1.165, 1.54) is 7.11 Å². The lowest BCUT2D eigenvalue weighted by Crippen LogP contribution is -2.10. The average molecular weight is 346 g/mol. The van der Waals surface area contributed by atoms with Crippen molar-refractivity contribution in [1.29, 1.82) is 0 Å². The second kappa shape index (κ2) is 10.5. The van der Waals surface area contributed by atoms with Crippen molar-refractivity contribution in [2.24, 2.45) is 11.5 Å². The summed E-state index contributed by atoms with van der Waals surface area (Å²) in [4.78, 5) is 10.6. The minimum Gasteiger partial charge on any atom is -0.493 e. The zero-order valence-corrected chi connectivity index (χ0v) is 14.1. The number of carboxylic acid groups (broad SMARTS) is 1. The first-order valence-electron chi connectivity index (χ1n) is 6.71. The predicted octanol–water partition coefficient (Wildman–Crippen LogP) is 1.14. The van der Waals surface area contributed by atoms with E-state index in [1.807, 2.05) is 12.1 Å². The third-order valence-electron chi connectivity index (χ3n) is 2.48. The maximum absolute atomic E-state index is 10.6. The van der Waals surface area contributed by atoms with Crippen LogP contribution < -0.4 is 20.9 Å². The lowest BCUT2D eigenvalue weighted by molar-refractivity contribution is -0.139. The van der Waals surface area contributed by atoms with E-state index in [9.17, 15) is 4.79 Å². The van der Waals surface area contributed by atoms with Crippen LogP contribution in [0.3, 0.4) is 0 Å². The van der Waals surface area contributed by atoms with Crippen molar-refractivity contribution in [1.82, 2.24) is 0 Å². The molecule has 8 heteroatoms. The van der Waals surface area contributed by atoms with Gasteiger partial charge in [-0.05, 0) is 23.1 Å². The van der Waals surface area contributed by atoms with Crippen molar-refractivity contribution in [3.8, 4) is 11.5 Å². The molecule has 1 unspecified atom stereocenters. The number of benzene rings is 1. The van der Waals surface area contributed by atoms with Gasteiger partial charge < -0.3 is 26.0 Å². The van der Waals surface area contributed by atoms with Crippen molar-refractivity contribution >= 4 is 31.6 Å². The molecule has 0 spiro atoms. The number of ether oxygens (including phenoxy) is 2. The fourth-order valence-corrected chi connectivity index (χ4v) is 5.00. The number of carboxylic acids is 1. The van der Waals surface area contributed by atoms with E-state index in [2.05, 4.69) is 5.37 Å². The Labute approximate surface area is 136 Å². The molecule has 0 saturated heterocycles. The van der Waals surface area contributed by atoms with Crippen LogP contribution in [0, 0.1) is 0 Å². The Hall–Kier alpha value is -1.22. The zero-order valence-electron chi connectivity index (χ0n) is 12.5. The van der Waals surface area contributed by atoms with E-state index in [-0.39, 0.29) is 9.52 Å². The van der Waals surface area contributed by atoms with E-state index in [4.69, 9.17) is 26.0 Å². The molecule has 0 aliphatic rings. The summed E-state index contributed by atoms with van der Waals surface area (Å²) in [5, 5.41) is 10.8. The third-order valence-corrected chi connectivity index (χ3v) is 6.55. The highest BCUT2D eigenvalue weighted by molar-refractivity contribution is 8.83. The van der Waals surface area contributed by atoms with Crippen LogP contribution in [-0.4, -0.2) is 54.8 Å². The van der Waals surface area contributed by atoms with Gasteiger partial charge in [0.15, 0.2) is 18.1 Å². The summed E-state index contributed by atoms with van der Waals surface area (Å²) in [6, 6.07) is 5.42. The highest BCUT2D eigenvalue weighted by Gasteiger charge is 2.07. The summed E-state index contributed by atoms with van der Waals surface area (Å²) in [6.07, 6.45) is 0. The Morgan fingerprint density at radius 1 is 1.36 bits per heavy atom. The maximum atomic E-state index is 10.6. The minimum absolute atomic E-state index is 0.00711. The van der Waals surface area contributed by atoms with Gasteiger partial charge in [-0.3, -0.25) is 0 Å². The number of methoxy groups -OCH3 is 1. The van der Waals surface area contributed by atoms with E-state index < -0.39 is 12.6 Å². The molecule has 0 bridgehead atoms. The smallest absolute Gasteiger partial charge is 0.341 e. The molecule has 0 amide bonds. The van der Waals surface area contributed by atoms with Crippen LogP contribution >= 0.6 is 20.3 Å². The molecule has 22 heavy (non-hydrogen) atoms. The van der Waals surface area contributed by atoms with Crippen molar-refractivity contribution in [3.63, 3.8) is 0 Å². The zero-order chi connectivity index (χ0) is 16.4. The van der Waals surface area contributed by atoms with Gasteiger partial charge in [0.1, 0.15) is 0 Å². The van der Waals surface area contributed by atoms with Crippen molar-refractivity contribution in [3.05, 3.63) is 23.8 Å². The topological polar surface area (TPSA) is 108 Å². The lowest BCUT2D eigenvalue weighted by Gasteiger charge is -2.11. The summed E-state index contributed by atoms with van der Waals surface area (Å²) in [7, 11) is 3.31. The summed E-state index contributed by atoms with van der Waals surface area (Å²) in [6.45, 7) is 0.856. The molecule has 0 aliphatic carbocycles. The molecular formula is C14H22N2O4S2. The molecule has 0 saturated carbocycles. The number of aliphatic carboxylic acids is 1. The number of rotatable bonds is 10. The minimum atomic E-state index is -1.03. The van der Waals surface area contributed by atoms with Gasteiger partial charge in [-0.15, -0.1) is 9.52 Å². The molecule has 0 aromatic heterocycles. The predicted molar refractivity (Wildman–Crippen MR) is 94.3 cm³/mol. The van der Waals surface area contributed by atoms with Crippen molar-refractivity contribution in [2.45, 2.75) is 0 Å². The monoisotopic (exact) mass is 346 g/mol. The molecule has 1 rings (SSSR count). The SMILES string of the molecule is COc1cc(C=S(CCN)SCCN)ccc1OCC(=O)O. The van der Waals surface area contributed by atoms with Crippen LogP contribution in [0.4, 0.5) is 0 Å². The summed E-state index contributed by atoms with van der Waals surface area (Å²) < 4.78 is 10.4. The second-order valence-electron chi connectivity index (χ2n) is 4.19. The molecule has 0 radical (unpaired) electrons. The molecule has 1 aromatic carbocycles. The Morgan fingerprint density at radius 3 is 2.73 bits per heavy atom. The van der Waals surface area contributed by atoms with Gasteiger partial charge in [-0.2, -0.15) is 0 Å². The number of hydrogen-bond donors (Lipinski definition) is 3. The first-order chi connectivity index (χ1) is 10.6. The summed E-state index contributed by atoms with van der Waals surface area (Å²) in [5.41, 5.74) is 12.2. The molecule has 0 aliphatic heterocycles. The summed E-state index contributed by atoms with van der Waals surface area (Å²) in [5.74, 6) is 1.67. The van der Waals surface area contributed by atoms with Crippen molar-refractivity contribution in [2.75, 3.05) is 38.3 Å². The van der Waals surface area contributed by atoms with Gasteiger partial charge in [0.05, 0.1) is 7.11 Å². The van der Waals surface area contributed by atoms with Crippen molar-refractivity contribution < 1.29 is 19.4 Å². The lowest BCUT2D eigenvalue weighted by atomic mass is 10.2. The fourth-order valence-electron chi connectivity index (χ4n) is 1.59. The van der Waals surface area contributed by atoms with E-state index in [1.54, 1.807) is 16.9 Å². The molecular weight excluding hydrogens is 324 g/mol. The van der Waals surface area contributed by atoms with Gasteiger partial charge >= 0.3 is 5.97 Å². The number of nitrogens with two attached hydrogens (primary N) is 2. The van der Waals surface area contributed by atoms with E-state index in [0.717, 1.165) is 17.1 Å². The quantitative estimate of drug-likeness (QED) is 0.431. The standard InChI is InChI=1S/C14H22N2O4S2/c1-19-13-8-11(2-3-12(13)20-9-14(17)18)10-22(7-5-16)21-6-4-15/h2-3,8,10H,4-7,9,15-16H2,1H3,(H,17,18). The second-order valence-corrected chi connectivity index (χ2v) is 8.24.